The van der Waals surface area contributed by atoms with Crippen LogP contribution >= 0.6 is 35.7 Å². The third kappa shape index (κ3) is 4.77. The molecule has 168 valence electrons. The van der Waals surface area contributed by atoms with Crippen LogP contribution in [-0.4, -0.2) is 19.6 Å². The third-order valence-electron chi connectivity index (χ3n) is 5.63. The molecule has 0 saturated carbocycles. The van der Waals surface area contributed by atoms with E-state index in [4.69, 9.17) is 4.74 Å². The summed E-state index contributed by atoms with van der Waals surface area (Å²) >= 11 is 2.68. The predicted molar refractivity (Wildman–Crippen MR) is 159 cm³/mol. The Hall–Kier alpha value is -2.07. The first-order chi connectivity index (χ1) is 16.0. The minimum Gasteiger partial charge on any atom is -0.491 e. The molecule has 0 aliphatic carbocycles. The van der Waals surface area contributed by atoms with Crippen molar-refractivity contribution in [2.24, 2.45) is 0 Å². The summed E-state index contributed by atoms with van der Waals surface area (Å²) in [6, 6.07) is 43.7. The summed E-state index contributed by atoms with van der Waals surface area (Å²) in [7, 11) is -1.67. The van der Waals surface area contributed by atoms with Gasteiger partial charge in [0.25, 0.3) is 0 Å². The first kappa shape index (κ1) is 24.1. The van der Waals surface area contributed by atoms with E-state index in [9.17, 15) is 0 Å². The van der Waals surface area contributed by atoms with Gasteiger partial charge in [-0.05, 0) is 70.1 Å². The standard InChI is InChI=1S/C29H29IOPS/c1-31-28(24-16-8-4-9-17-24)29(33(2,3)30)32(25-18-10-5-11-19-25,26-20-12-6-13-21-26)27-22-14-7-15-23-27/h4-23H,1-3H3/q+1/b29-28-. The van der Waals surface area contributed by atoms with Crippen molar-refractivity contribution in [2.45, 2.75) is 0 Å². The minimum absolute atomic E-state index is 0.995. The lowest BCUT2D eigenvalue weighted by molar-refractivity contribution is 0.370. The molecule has 0 atom stereocenters. The van der Waals surface area contributed by atoms with Crippen LogP contribution in [0.2, 0.25) is 0 Å². The maximum Gasteiger partial charge on any atom is 0.176 e. The van der Waals surface area contributed by atoms with Gasteiger partial charge < -0.3 is 4.74 Å². The van der Waals surface area contributed by atoms with Gasteiger partial charge in [0.1, 0.15) is 15.9 Å². The second-order valence-corrected chi connectivity index (χ2v) is 21.1. The van der Waals surface area contributed by atoms with Crippen LogP contribution in [0.5, 0.6) is 0 Å². The summed E-state index contributed by atoms with van der Waals surface area (Å²) in [6.45, 7) is 0. The van der Waals surface area contributed by atoms with E-state index in [1.165, 1.54) is 20.6 Å². The van der Waals surface area contributed by atoms with Crippen molar-refractivity contribution >= 4 is 57.3 Å². The van der Waals surface area contributed by atoms with Gasteiger partial charge in [-0.2, -0.15) is 0 Å². The molecule has 4 rings (SSSR count). The SMILES string of the molecule is CO/C(=C(/[P+](c1ccccc1)(c1ccccc1)c1ccccc1)S(C)(C)I)c1ccccc1. The van der Waals surface area contributed by atoms with E-state index in [0.29, 0.717) is 0 Å². The number of hydrogen-bond acceptors (Lipinski definition) is 1. The second-order valence-electron chi connectivity index (χ2n) is 8.08. The van der Waals surface area contributed by atoms with Gasteiger partial charge in [0.2, 0.25) is 0 Å². The number of hydrogen-bond donors (Lipinski definition) is 0. The quantitative estimate of drug-likeness (QED) is 0.126. The molecule has 0 radical (unpaired) electrons. The molecule has 0 amide bonds. The van der Waals surface area contributed by atoms with E-state index < -0.39 is 14.5 Å². The molecule has 4 heteroatoms. The Balaban J connectivity index is 2.26. The molecule has 0 aliphatic rings. The average Bonchev–Trinajstić information content (AvgIpc) is 2.86. The highest BCUT2D eigenvalue weighted by Gasteiger charge is 2.55. The predicted octanol–water partition coefficient (Wildman–Crippen LogP) is 7.37. The van der Waals surface area contributed by atoms with E-state index >= 15 is 0 Å². The zero-order valence-electron chi connectivity index (χ0n) is 19.2. The van der Waals surface area contributed by atoms with Crippen LogP contribution in [0, 0.1) is 0 Å². The summed E-state index contributed by atoms with van der Waals surface area (Å²) in [6.07, 6.45) is 4.77. The molecule has 0 N–H and O–H groups in total. The molecule has 0 fully saturated rings. The van der Waals surface area contributed by atoms with E-state index in [2.05, 4.69) is 155 Å². The van der Waals surface area contributed by atoms with Crippen LogP contribution in [-0.2, 0) is 4.74 Å². The minimum atomic E-state index is -2.24. The van der Waals surface area contributed by atoms with Gasteiger partial charge in [-0.3, -0.25) is 0 Å². The molecule has 33 heavy (non-hydrogen) atoms. The molecule has 4 aromatic rings. The van der Waals surface area contributed by atoms with Crippen LogP contribution in [0.1, 0.15) is 5.56 Å². The molecule has 0 bridgehead atoms. The smallest absolute Gasteiger partial charge is 0.176 e. The Morgan fingerprint density at radius 3 is 1.24 bits per heavy atom. The number of benzene rings is 4. The van der Waals surface area contributed by atoms with Crippen LogP contribution < -0.4 is 15.9 Å². The fourth-order valence-corrected chi connectivity index (χ4v) is 15.8. The maximum absolute atomic E-state index is 6.32. The number of halogens is 1. The molecular formula is C29H29IOPS+. The van der Waals surface area contributed by atoms with Crippen molar-refractivity contribution in [3.8, 4) is 0 Å². The molecular weight excluding hydrogens is 554 g/mol. The topological polar surface area (TPSA) is 9.23 Å². The van der Waals surface area contributed by atoms with Crippen LogP contribution in [0.25, 0.3) is 5.76 Å². The van der Waals surface area contributed by atoms with E-state index in [0.717, 1.165) is 11.3 Å². The molecule has 1 nitrogen and oxygen atoms in total. The lowest BCUT2D eigenvalue weighted by Crippen LogP contribution is -2.33. The largest absolute Gasteiger partial charge is 0.491 e. The monoisotopic (exact) mass is 583 g/mol. The van der Waals surface area contributed by atoms with Crippen molar-refractivity contribution in [3.63, 3.8) is 0 Å². The van der Waals surface area contributed by atoms with Gasteiger partial charge in [0.05, 0.1) is 7.11 Å². The van der Waals surface area contributed by atoms with Gasteiger partial charge in [-0.1, -0.05) is 84.9 Å². The fraction of sp³-hybridized carbons (Fsp3) is 0.103. The van der Waals surface area contributed by atoms with Gasteiger partial charge >= 0.3 is 0 Å². The summed E-state index contributed by atoms with van der Waals surface area (Å²) in [5, 5.41) is 4.04. The fourth-order valence-electron chi connectivity index (χ4n) is 4.37. The Bertz CT molecular complexity index is 1110. The number of ether oxygens (including phenoxy) is 1. The van der Waals surface area contributed by atoms with Crippen molar-refractivity contribution in [3.05, 3.63) is 132 Å². The van der Waals surface area contributed by atoms with Crippen molar-refractivity contribution < 1.29 is 4.74 Å². The second kappa shape index (κ2) is 10.5. The Morgan fingerprint density at radius 2 is 0.939 bits per heavy atom. The molecule has 0 saturated heterocycles. The Labute approximate surface area is 212 Å². The molecule has 4 aromatic carbocycles. The van der Waals surface area contributed by atoms with Crippen molar-refractivity contribution in [1.29, 1.82) is 0 Å². The first-order valence-corrected chi connectivity index (χ1v) is 17.6. The van der Waals surface area contributed by atoms with Gasteiger partial charge in [-0.25, -0.2) is 0 Å². The summed E-state index contributed by atoms with van der Waals surface area (Å²) < 4.78 is 7.73. The zero-order valence-corrected chi connectivity index (χ0v) is 23.1. The molecule has 0 aliphatic heterocycles. The van der Waals surface area contributed by atoms with Crippen LogP contribution in [0.15, 0.2) is 126 Å². The first-order valence-electron chi connectivity index (χ1n) is 10.8. The highest BCUT2D eigenvalue weighted by molar-refractivity contribution is 14.2. The number of rotatable bonds is 7. The highest BCUT2D eigenvalue weighted by Crippen LogP contribution is 2.78. The molecule has 0 spiro atoms. The van der Waals surface area contributed by atoms with Crippen molar-refractivity contribution in [2.75, 3.05) is 19.6 Å². The molecule has 0 aromatic heterocycles. The average molecular weight is 583 g/mol. The summed E-state index contributed by atoms with van der Waals surface area (Å²) in [5.41, 5.74) is 1.12. The van der Waals surface area contributed by atoms with Crippen LogP contribution in [0.4, 0.5) is 0 Å². The maximum atomic E-state index is 6.32. The van der Waals surface area contributed by atoms with Gasteiger partial charge in [0, 0.05) is 5.56 Å². The van der Waals surface area contributed by atoms with E-state index in [-0.39, 0.29) is 0 Å². The highest BCUT2D eigenvalue weighted by atomic mass is 127. The van der Waals surface area contributed by atoms with Crippen LogP contribution in [0.3, 0.4) is 0 Å². The summed E-state index contributed by atoms with van der Waals surface area (Å²) in [4.78, 5) is 0. The van der Waals surface area contributed by atoms with Crippen molar-refractivity contribution in [1.82, 2.24) is 0 Å². The Morgan fingerprint density at radius 1 is 0.606 bits per heavy atom. The summed E-state index contributed by atoms with van der Waals surface area (Å²) in [5.74, 6) is 0.995. The van der Waals surface area contributed by atoms with E-state index in [1.54, 1.807) is 0 Å². The van der Waals surface area contributed by atoms with Gasteiger partial charge in [0.15, 0.2) is 17.7 Å². The third-order valence-corrected chi connectivity index (χ3v) is 15.3. The normalized spacial score (nSPS) is 13.2. The molecule has 0 heterocycles. The lowest BCUT2D eigenvalue weighted by Gasteiger charge is -2.38. The Kier molecular flexibility index (Phi) is 7.63. The number of methoxy groups -OCH3 is 1. The van der Waals surface area contributed by atoms with E-state index in [1.807, 2.05) is 7.11 Å². The zero-order chi connectivity index (χ0) is 23.3. The van der Waals surface area contributed by atoms with Gasteiger partial charge in [-0.15, -0.1) is 7.20 Å². The molecule has 0 unspecified atom stereocenters. The lowest BCUT2D eigenvalue weighted by atomic mass is 10.2.